The quantitative estimate of drug-likeness (QED) is 0.912. The molecule has 0 aliphatic heterocycles. The molecule has 0 unspecified atom stereocenters. The third-order valence-corrected chi connectivity index (χ3v) is 3.66. The van der Waals surface area contributed by atoms with E-state index in [9.17, 15) is 0 Å². The fourth-order valence-electron chi connectivity index (χ4n) is 1.72. The molecule has 0 saturated heterocycles. The van der Waals surface area contributed by atoms with Crippen LogP contribution in [0.4, 0.5) is 0 Å². The van der Waals surface area contributed by atoms with Gasteiger partial charge in [0.1, 0.15) is 5.75 Å². The second kappa shape index (κ2) is 5.95. The van der Waals surface area contributed by atoms with Gasteiger partial charge in [-0.15, -0.1) is 0 Å². The maximum Gasteiger partial charge on any atom is 0.238 e. The SMILES string of the molecule is Clc1ccc(Oc2cncc(CNC3CC3)n2)cc1Cl. The largest absolute Gasteiger partial charge is 0.437 e. The van der Waals surface area contributed by atoms with Crippen LogP contribution in [0, 0.1) is 0 Å². The average Bonchev–Trinajstić information content (AvgIpc) is 3.25. The van der Waals surface area contributed by atoms with E-state index in [0.29, 0.717) is 34.3 Å². The number of ether oxygens (including phenoxy) is 1. The summed E-state index contributed by atoms with van der Waals surface area (Å²) in [6, 6.07) is 5.72. The van der Waals surface area contributed by atoms with Gasteiger partial charge in [-0.25, -0.2) is 4.98 Å². The van der Waals surface area contributed by atoms with Crippen LogP contribution in [0.3, 0.4) is 0 Å². The van der Waals surface area contributed by atoms with Gasteiger partial charge in [0.05, 0.1) is 21.9 Å². The summed E-state index contributed by atoms with van der Waals surface area (Å²) < 4.78 is 5.63. The van der Waals surface area contributed by atoms with Crippen LogP contribution in [0.2, 0.25) is 10.0 Å². The summed E-state index contributed by atoms with van der Waals surface area (Å²) >= 11 is 11.8. The number of benzene rings is 1. The highest BCUT2D eigenvalue weighted by atomic mass is 35.5. The van der Waals surface area contributed by atoms with Gasteiger partial charge in [-0.3, -0.25) is 4.98 Å². The number of hydrogen-bond donors (Lipinski definition) is 1. The molecular formula is C14H13Cl2N3O. The lowest BCUT2D eigenvalue weighted by atomic mass is 10.3. The Hall–Kier alpha value is -1.36. The van der Waals surface area contributed by atoms with Gasteiger partial charge in [-0.1, -0.05) is 23.2 Å². The highest BCUT2D eigenvalue weighted by Gasteiger charge is 2.20. The Kier molecular flexibility index (Phi) is 4.05. The van der Waals surface area contributed by atoms with Crippen LogP contribution in [-0.2, 0) is 6.54 Å². The van der Waals surface area contributed by atoms with Crippen molar-refractivity contribution in [3.8, 4) is 11.6 Å². The first-order valence-electron chi connectivity index (χ1n) is 6.38. The lowest BCUT2D eigenvalue weighted by Gasteiger charge is -2.07. The molecule has 1 saturated carbocycles. The van der Waals surface area contributed by atoms with Gasteiger partial charge in [0.25, 0.3) is 0 Å². The van der Waals surface area contributed by atoms with Gasteiger partial charge in [0.15, 0.2) is 0 Å². The van der Waals surface area contributed by atoms with Gasteiger partial charge < -0.3 is 10.1 Å². The second-order valence-electron chi connectivity index (χ2n) is 4.68. The minimum Gasteiger partial charge on any atom is -0.437 e. The average molecular weight is 310 g/mol. The van der Waals surface area contributed by atoms with E-state index in [0.717, 1.165) is 5.69 Å². The van der Waals surface area contributed by atoms with Gasteiger partial charge >= 0.3 is 0 Å². The summed E-state index contributed by atoms with van der Waals surface area (Å²) in [5.41, 5.74) is 0.856. The van der Waals surface area contributed by atoms with Crippen molar-refractivity contribution in [3.05, 3.63) is 46.3 Å². The lowest BCUT2D eigenvalue weighted by Crippen LogP contribution is -2.16. The topological polar surface area (TPSA) is 47.0 Å². The van der Waals surface area contributed by atoms with E-state index in [-0.39, 0.29) is 0 Å². The minimum absolute atomic E-state index is 0.443. The molecule has 0 radical (unpaired) electrons. The maximum atomic E-state index is 5.94. The van der Waals surface area contributed by atoms with Gasteiger partial charge in [0, 0.05) is 24.8 Å². The molecule has 20 heavy (non-hydrogen) atoms. The molecule has 2 aromatic rings. The third kappa shape index (κ3) is 3.60. The smallest absolute Gasteiger partial charge is 0.238 e. The zero-order chi connectivity index (χ0) is 13.9. The zero-order valence-corrected chi connectivity index (χ0v) is 12.2. The summed E-state index contributed by atoms with van der Waals surface area (Å²) in [5.74, 6) is 1.03. The molecule has 0 bridgehead atoms. The van der Waals surface area contributed by atoms with E-state index in [1.807, 2.05) is 0 Å². The predicted octanol–water partition coefficient (Wildman–Crippen LogP) is 3.83. The molecule has 1 heterocycles. The van der Waals surface area contributed by atoms with Gasteiger partial charge in [-0.2, -0.15) is 0 Å². The number of nitrogens with one attached hydrogen (secondary N) is 1. The number of halogens is 2. The standard InChI is InChI=1S/C14H13Cl2N3O/c15-12-4-3-11(5-13(12)16)20-14-8-17-6-10(19-14)7-18-9-1-2-9/h3-6,8-9,18H,1-2,7H2. The van der Waals surface area contributed by atoms with Crippen molar-refractivity contribution in [1.82, 2.24) is 15.3 Å². The number of aromatic nitrogens is 2. The predicted molar refractivity (Wildman–Crippen MR) is 78.4 cm³/mol. The normalized spacial score (nSPS) is 14.3. The van der Waals surface area contributed by atoms with Crippen LogP contribution in [-0.4, -0.2) is 16.0 Å². The molecule has 0 atom stereocenters. The molecule has 0 amide bonds. The van der Waals surface area contributed by atoms with Crippen molar-refractivity contribution in [2.75, 3.05) is 0 Å². The van der Waals surface area contributed by atoms with E-state index < -0.39 is 0 Å². The lowest BCUT2D eigenvalue weighted by molar-refractivity contribution is 0.456. The van der Waals surface area contributed by atoms with Crippen LogP contribution in [0.1, 0.15) is 18.5 Å². The molecule has 1 aromatic heterocycles. The Labute approximate surface area is 127 Å². The monoisotopic (exact) mass is 309 g/mol. The van der Waals surface area contributed by atoms with Gasteiger partial charge in [0.2, 0.25) is 5.88 Å². The van der Waals surface area contributed by atoms with Crippen LogP contribution < -0.4 is 10.1 Å². The molecule has 0 spiro atoms. The molecule has 3 rings (SSSR count). The molecule has 1 aromatic carbocycles. The van der Waals surface area contributed by atoms with E-state index in [1.165, 1.54) is 12.8 Å². The summed E-state index contributed by atoms with van der Waals surface area (Å²) in [6.45, 7) is 0.705. The molecule has 104 valence electrons. The fourth-order valence-corrected chi connectivity index (χ4v) is 2.01. The molecule has 6 heteroatoms. The Morgan fingerprint density at radius 2 is 2.05 bits per heavy atom. The molecule has 1 fully saturated rings. The first-order chi connectivity index (χ1) is 9.70. The first kappa shape index (κ1) is 13.6. The molecule has 1 aliphatic rings. The van der Waals surface area contributed by atoms with Gasteiger partial charge in [-0.05, 0) is 25.0 Å². The Balaban J connectivity index is 1.69. The first-order valence-corrected chi connectivity index (χ1v) is 7.13. The van der Waals surface area contributed by atoms with Crippen molar-refractivity contribution in [1.29, 1.82) is 0 Å². The van der Waals surface area contributed by atoms with Crippen molar-refractivity contribution < 1.29 is 4.74 Å². The Morgan fingerprint density at radius 3 is 2.80 bits per heavy atom. The van der Waals surface area contributed by atoms with Crippen LogP contribution in [0.25, 0.3) is 0 Å². The highest BCUT2D eigenvalue weighted by molar-refractivity contribution is 6.42. The Bertz CT molecular complexity index is 617. The van der Waals surface area contributed by atoms with Crippen LogP contribution in [0.15, 0.2) is 30.6 Å². The number of rotatable bonds is 5. The second-order valence-corrected chi connectivity index (χ2v) is 5.50. The van der Waals surface area contributed by atoms with E-state index in [4.69, 9.17) is 27.9 Å². The molecular weight excluding hydrogens is 297 g/mol. The minimum atomic E-state index is 0.443. The highest BCUT2D eigenvalue weighted by Crippen LogP contribution is 2.28. The Morgan fingerprint density at radius 1 is 1.20 bits per heavy atom. The van der Waals surface area contributed by atoms with Crippen LogP contribution >= 0.6 is 23.2 Å². The molecule has 4 nitrogen and oxygen atoms in total. The van der Waals surface area contributed by atoms with Crippen LogP contribution in [0.5, 0.6) is 11.6 Å². The van der Waals surface area contributed by atoms with Crippen molar-refractivity contribution in [2.24, 2.45) is 0 Å². The van der Waals surface area contributed by atoms with Crippen molar-refractivity contribution >= 4 is 23.2 Å². The zero-order valence-electron chi connectivity index (χ0n) is 10.6. The van der Waals surface area contributed by atoms with Crippen molar-refractivity contribution in [2.45, 2.75) is 25.4 Å². The van der Waals surface area contributed by atoms with E-state index >= 15 is 0 Å². The summed E-state index contributed by atoms with van der Waals surface area (Å²) in [7, 11) is 0. The van der Waals surface area contributed by atoms with E-state index in [2.05, 4.69) is 15.3 Å². The summed E-state index contributed by atoms with van der Waals surface area (Å²) in [5, 5.41) is 4.32. The molecule has 1 N–H and O–H groups in total. The maximum absolute atomic E-state index is 5.94. The summed E-state index contributed by atoms with van der Waals surface area (Å²) in [6.07, 6.45) is 5.79. The van der Waals surface area contributed by atoms with Crippen molar-refractivity contribution in [3.63, 3.8) is 0 Å². The van der Waals surface area contributed by atoms with E-state index in [1.54, 1.807) is 30.6 Å². The number of nitrogens with zero attached hydrogens (tertiary/aromatic N) is 2. The number of hydrogen-bond acceptors (Lipinski definition) is 4. The fraction of sp³-hybridized carbons (Fsp3) is 0.286. The summed E-state index contributed by atoms with van der Waals surface area (Å²) in [4.78, 5) is 8.53. The molecule has 1 aliphatic carbocycles. The third-order valence-electron chi connectivity index (χ3n) is 2.93.